The van der Waals surface area contributed by atoms with Gasteiger partial charge in [0.15, 0.2) is 0 Å². The minimum atomic E-state index is 0.0423. The summed E-state index contributed by atoms with van der Waals surface area (Å²) in [5, 5.41) is 3.13. The lowest BCUT2D eigenvalue weighted by molar-refractivity contribution is -0.122. The number of pyridine rings is 1. The molecule has 1 aromatic carbocycles. The highest BCUT2D eigenvalue weighted by Gasteiger charge is 2.29. The van der Waals surface area contributed by atoms with Crippen molar-refractivity contribution in [3.63, 3.8) is 0 Å². The fourth-order valence-corrected chi connectivity index (χ4v) is 3.42. The molecular formula is C20H22N4O2. The number of ether oxygens (including phenoxy) is 1. The number of nitrogens with zero attached hydrogens (tertiary/aromatic N) is 2. The molecule has 0 aliphatic carbocycles. The van der Waals surface area contributed by atoms with Gasteiger partial charge in [0.2, 0.25) is 5.91 Å². The Labute approximate surface area is 152 Å². The van der Waals surface area contributed by atoms with Crippen LogP contribution < -0.4 is 5.32 Å². The van der Waals surface area contributed by atoms with Crippen LogP contribution in [0.5, 0.6) is 0 Å². The maximum atomic E-state index is 12.4. The molecule has 1 aliphatic rings. The average Bonchev–Trinajstić information content (AvgIpc) is 3.27. The van der Waals surface area contributed by atoms with E-state index in [9.17, 15) is 4.79 Å². The normalized spacial score (nSPS) is 19.7. The van der Waals surface area contributed by atoms with E-state index < -0.39 is 0 Å². The van der Waals surface area contributed by atoms with Gasteiger partial charge in [-0.3, -0.25) is 9.78 Å². The lowest BCUT2D eigenvalue weighted by Crippen LogP contribution is -2.40. The predicted octanol–water partition coefficient (Wildman–Crippen LogP) is 2.26. The molecule has 0 saturated carbocycles. The van der Waals surface area contributed by atoms with Crippen molar-refractivity contribution in [1.82, 2.24) is 20.3 Å². The van der Waals surface area contributed by atoms with E-state index in [1.54, 1.807) is 12.4 Å². The summed E-state index contributed by atoms with van der Waals surface area (Å²) in [5.74, 6) is 1.19. The molecule has 134 valence electrons. The summed E-state index contributed by atoms with van der Waals surface area (Å²) in [6, 6.07) is 12.0. The first kappa shape index (κ1) is 16.7. The first-order valence-corrected chi connectivity index (χ1v) is 8.97. The molecule has 0 bridgehead atoms. The van der Waals surface area contributed by atoms with Crippen molar-refractivity contribution in [1.29, 1.82) is 0 Å². The van der Waals surface area contributed by atoms with Crippen LogP contribution in [0.3, 0.4) is 0 Å². The van der Waals surface area contributed by atoms with Crippen molar-refractivity contribution in [2.45, 2.75) is 25.3 Å². The van der Waals surface area contributed by atoms with Crippen molar-refractivity contribution in [3.8, 4) is 0 Å². The number of para-hydroxylation sites is 2. The van der Waals surface area contributed by atoms with Gasteiger partial charge in [0.05, 0.1) is 30.3 Å². The molecule has 3 aromatic rings. The molecule has 26 heavy (non-hydrogen) atoms. The molecule has 1 aliphatic heterocycles. The first-order chi connectivity index (χ1) is 12.8. The molecule has 6 nitrogen and oxygen atoms in total. The van der Waals surface area contributed by atoms with Gasteiger partial charge in [0.1, 0.15) is 5.82 Å². The number of imidazole rings is 1. The monoisotopic (exact) mass is 350 g/mol. The molecule has 6 heteroatoms. The number of aromatic nitrogens is 3. The van der Waals surface area contributed by atoms with Gasteiger partial charge in [-0.1, -0.05) is 12.1 Å². The number of nitrogens with one attached hydrogen (secondary N) is 2. The molecule has 3 heterocycles. The van der Waals surface area contributed by atoms with E-state index in [1.807, 2.05) is 36.4 Å². The van der Waals surface area contributed by atoms with Crippen molar-refractivity contribution in [3.05, 3.63) is 60.2 Å². The number of amides is 1. The molecule has 2 atom stereocenters. The SMILES string of the molecule is O=C(CCc1nc2ccccc2[nH]1)N[C@H]1COC[C@H]1Cc1ccncc1. The van der Waals surface area contributed by atoms with Gasteiger partial charge >= 0.3 is 0 Å². The summed E-state index contributed by atoms with van der Waals surface area (Å²) in [7, 11) is 0. The van der Waals surface area contributed by atoms with Crippen LogP contribution in [0.25, 0.3) is 11.0 Å². The van der Waals surface area contributed by atoms with Crippen molar-refractivity contribution >= 4 is 16.9 Å². The molecule has 0 radical (unpaired) electrons. The van der Waals surface area contributed by atoms with Crippen LogP contribution >= 0.6 is 0 Å². The minimum absolute atomic E-state index is 0.0423. The Morgan fingerprint density at radius 2 is 2.04 bits per heavy atom. The quantitative estimate of drug-likeness (QED) is 0.715. The van der Waals surface area contributed by atoms with Crippen LogP contribution in [0.15, 0.2) is 48.8 Å². The van der Waals surface area contributed by atoms with Crippen molar-refractivity contribution < 1.29 is 9.53 Å². The lowest BCUT2D eigenvalue weighted by atomic mass is 9.95. The Morgan fingerprint density at radius 1 is 1.19 bits per heavy atom. The summed E-state index contributed by atoms with van der Waals surface area (Å²) in [4.78, 5) is 24.2. The molecule has 1 saturated heterocycles. The van der Waals surface area contributed by atoms with Crippen molar-refractivity contribution in [2.75, 3.05) is 13.2 Å². The van der Waals surface area contributed by atoms with Gasteiger partial charge in [-0.2, -0.15) is 0 Å². The zero-order chi connectivity index (χ0) is 17.8. The molecule has 2 aromatic heterocycles. The number of aromatic amines is 1. The maximum Gasteiger partial charge on any atom is 0.220 e. The highest BCUT2D eigenvalue weighted by molar-refractivity contribution is 5.77. The van der Waals surface area contributed by atoms with Crippen LogP contribution in [0, 0.1) is 5.92 Å². The summed E-state index contributed by atoms with van der Waals surface area (Å²) in [6.45, 7) is 1.25. The maximum absolute atomic E-state index is 12.4. The van der Waals surface area contributed by atoms with E-state index in [1.165, 1.54) is 5.56 Å². The number of rotatable bonds is 6. The molecule has 4 rings (SSSR count). The standard InChI is InChI=1S/C20H22N4O2/c25-20(6-5-19-22-16-3-1-2-4-17(16)23-19)24-18-13-26-12-15(18)11-14-7-9-21-10-8-14/h1-4,7-10,15,18H,5-6,11-13H2,(H,22,23)(H,24,25)/t15-,18+/m1/s1. The summed E-state index contributed by atoms with van der Waals surface area (Å²) in [6.07, 6.45) is 5.50. The van der Waals surface area contributed by atoms with Gasteiger partial charge in [-0.15, -0.1) is 0 Å². The van der Waals surface area contributed by atoms with Crippen molar-refractivity contribution in [2.24, 2.45) is 5.92 Å². The minimum Gasteiger partial charge on any atom is -0.379 e. The van der Waals surface area contributed by atoms with Gasteiger partial charge in [0.25, 0.3) is 0 Å². The van der Waals surface area contributed by atoms with Gasteiger partial charge in [-0.25, -0.2) is 4.98 Å². The highest BCUT2D eigenvalue weighted by Crippen LogP contribution is 2.19. The Morgan fingerprint density at radius 3 is 2.88 bits per heavy atom. The Bertz CT molecular complexity index is 845. The van der Waals surface area contributed by atoms with E-state index in [2.05, 4.69) is 20.3 Å². The molecule has 1 amide bonds. The lowest BCUT2D eigenvalue weighted by Gasteiger charge is -2.19. The van der Waals surface area contributed by atoms with E-state index in [0.717, 1.165) is 23.3 Å². The molecule has 1 fully saturated rings. The van der Waals surface area contributed by atoms with E-state index in [4.69, 9.17) is 4.74 Å². The van der Waals surface area contributed by atoms with Crippen LogP contribution in [0.2, 0.25) is 0 Å². The number of aryl methyl sites for hydroxylation is 1. The Balaban J connectivity index is 1.30. The molecule has 0 spiro atoms. The van der Waals surface area contributed by atoms with Crippen LogP contribution in [0.1, 0.15) is 17.8 Å². The average molecular weight is 350 g/mol. The number of H-pyrrole nitrogens is 1. The van der Waals surface area contributed by atoms with Crippen LogP contribution in [-0.2, 0) is 22.4 Å². The van der Waals surface area contributed by atoms with E-state index in [0.29, 0.717) is 32.0 Å². The zero-order valence-corrected chi connectivity index (χ0v) is 14.5. The third kappa shape index (κ3) is 3.91. The third-order valence-electron chi connectivity index (χ3n) is 4.82. The van der Waals surface area contributed by atoms with Gasteiger partial charge < -0.3 is 15.0 Å². The third-order valence-corrected chi connectivity index (χ3v) is 4.82. The Hall–Kier alpha value is -2.73. The van der Waals surface area contributed by atoms with Gasteiger partial charge in [0, 0.05) is 31.2 Å². The largest absolute Gasteiger partial charge is 0.379 e. The number of carbonyl (C=O) groups excluding carboxylic acids is 1. The molecular weight excluding hydrogens is 328 g/mol. The number of fused-ring (bicyclic) bond motifs is 1. The Kier molecular flexibility index (Phi) is 4.93. The van der Waals surface area contributed by atoms with Crippen LogP contribution in [0.4, 0.5) is 0 Å². The van der Waals surface area contributed by atoms with Crippen LogP contribution in [-0.4, -0.2) is 40.1 Å². The first-order valence-electron chi connectivity index (χ1n) is 8.97. The fraction of sp³-hybridized carbons (Fsp3) is 0.350. The zero-order valence-electron chi connectivity index (χ0n) is 14.5. The highest BCUT2D eigenvalue weighted by atomic mass is 16.5. The number of hydrogen-bond donors (Lipinski definition) is 2. The molecule has 0 unspecified atom stereocenters. The second kappa shape index (κ2) is 7.66. The predicted molar refractivity (Wildman–Crippen MR) is 98.6 cm³/mol. The number of hydrogen-bond acceptors (Lipinski definition) is 4. The van der Waals surface area contributed by atoms with E-state index >= 15 is 0 Å². The van der Waals surface area contributed by atoms with Gasteiger partial charge in [-0.05, 0) is 36.2 Å². The number of benzene rings is 1. The summed E-state index contributed by atoms with van der Waals surface area (Å²) >= 11 is 0. The smallest absolute Gasteiger partial charge is 0.220 e. The fourth-order valence-electron chi connectivity index (χ4n) is 3.42. The summed E-state index contributed by atoms with van der Waals surface area (Å²) < 4.78 is 5.60. The summed E-state index contributed by atoms with van der Waals surface area (Å²) in [5.41, 5.74) is 3.16. The molecule has 2 N–H and O–H groups in total. The number of carbonyl (C=O) groups is 1. The topological polar surface area (TPSA) is 79.9 Å². The second-order valence-electron chi connectivity index (χ2n) is 6.73. The van der Waals surface area contributed by atoms with E-state index in [-0.39, 0.29) is 11.9 Å². The second-order valence-corrected chi connectivity index (χ2v) is 6.73.